The Kier molecular flexibility index (Phi) is 4.58. The number of hydrogen-bond donors (Lipinski definition) is 1. The van der Waals surface area contributed by atoms with Gasteiger partial charge in [0.15, 0.2) is 17.5 Å². The molecule has 1 atom stereocenters. The summed E-state index contributed by atoms with van der Waals surface area (Å²) in [7, 11) is 3.40. The van der Waals surface area contributed by atoms with Gasteiger partial charge >= 0.3 is 0 Å². The zero-order valence-electron chi connectivity index (χ0n) is 11.8. The molecule has 3 nitrogen and oxygen atoms in total. The molecule has 1 aromatic carbocycles. The Hall–Kier alpha value is -1.53. The third-order valence-electron chi connectivity index (χ3n) is 3.42. The van der Waals surface area contributed by atoms with Crippen LogP contribution in [0.15, 0.2) is 12.1 Å². The first-order valence-corrected chi connectivity index (χ1v) is 6.72. The second kappa shape index (κ2) is 6.07. The van der Waals surface area contributed by atoms with Gasteiger partial charge in [-0.1, -0.05) is 11.6 Å². The molecule has 21 heavy (non-hydrogen) atoms. The number of benzene rings is 1. The van der Waals surface area contributed by atoms with Crippen molar-refractivity contribution >= 4 is 11.6 Å². The van der Waals surface area contributed by atoms with Crippen LogP contribution in [0.3, 0.4) is 0 Å². The summed E-state index contributed by atoms with van der Waals surface area (Å²) < 4.78 is 41.4. The van der Waals surface area contributed by atoms with Gasteiger partial charge in [0.05, 0.1) is 16.4 Å². The molecule has 0 aliphatic heterocycles. The van der Waals surface area contributed by atoms with Crippen molar-refractivity contribution in [3.8, 4) is 0 Å². The molecule has 114 valence electrons. The quantitative estimate of drug-likeness (QED) is 0.877. The van der Waals surface area contributed by atoms with Crippen LogP contribution in [0.25, 0.3) is 0 Å². The van der Waals surface area contributed by atoms with Crippen LogP contribution in [-0.4, -0.2) is 16.8 Å². The summed E-state index contributed by atoms with van der Waals surface area (Å²) in [4.78, 5) is 0. The van der Waals surface area contributed by atoms with E-state index in [-0.39, 0.29) is 0 Å². The topological polar surface area (TPSA) is 29.9 Å². The van der Waals surface area contributed by atoms with Crippen LogP contribution in [0, 0.1) is 24.4 Å². The Morgan fingerprint density at radius 3 is 2.29 bits per heavy atom. The number of rotatable bonds is 4. The Labute approximate surface area is 125 Å². The minimum absolute atomic E-state index is 0.309. The van der Waals surface area contributed by atoms with E-state index in [0.717, 1.165) is 17.8 Å². The number of aryl methyl sites for hydroxylation is 2. The average molecular weight is 318 g/mol. The van der Waals surface area contributed by atoms with Crippen LogP contribution in [0.1, 0.15) is 23.0 Å². The third kappa shape index (κ3) is 3.06. The van der Waals surface area contributed by atoms with Gasteiger partial charge in [-0.15, -0.1) is 0 Å². The van der Waals surface area contributed by atoms with Crippen LogP contribution >= 0.6 is 11.6 Å². The van der Waals surface area contributed by atoms with E-state index in [1.807, 2.05) is 0 Å². The monoisotopic (exact) mass is 317 g/mol. The van der Waals surface area contributed by atoms with Crippen molar-refractivity contribution < 1.29 is 13.2 Å². The number of aromatic nitrogens is 2. The number of likely N-dealkylation sites (N-methyl/N-ethyl adjacent to an activating group) is 1. The van der Waals surface area contributed by atoms with Gasteiger partial charge in [-0.25, -0.2) is 13.2 Å². The van der Waals surface area contributed by atoms with E-state index in [4.69, 9.17) is 11.6 Å². The normalized spacial score (nSPS) is 12.7. The van der Waals surface area contributed by atoms with E-state index < -0.39 is 23.5 Å². The summed E-state index contributed by atoms with van der Waals surface area (Å²) in [5.41, 5.74) is 1.72. The number of nitrogens with one attached hydrogen (secondary N) is 1. The van der Waals surface area contributed by atoms with Gasteiger partial charge < -0.3 is 5.32 Å². The van der Waals surface area contributed by atoms with Gasteiger partial charge in [-0.3, -0.25) is 4.68 Å². The van der Waals surface area contributed by atoms with Crippen molar-refractivity contribution in [2.24, 2.45) is 7.05 Å². The molecule has 2 aromatic rings. The van der Waals surface area contributed by atoms with Crippen molar-refractivity contribution in [2.75, 3.05) is 7.05 Å². The van der Waals surface area contributed by atoms with Crippen molar-refractivity contribution in [2.45, 2.75) is 19.4 Å². The maximum absolute atomic E-state index is 13.4. The second-order valence-corrected chi connectivity index (χ2v) is 5.19. The van der Waals surface area contributed by atoms with E-state index in [1.165, 1.54) is 0 Å². The van der Waals surface area contributed by atoms with Crippen LogP contribution in [0.5, 0.6) is 0 Å². The summed E-state index contributed by atoms with van der Waals surface area (Å²) in [5.74, 6) is -3.89. The summed E-state index contributed by atoms with van der Waals surface area (Å²) >= 11 is 6.17. The minimum Gasteiger partial charge on any atom is -0.313 e. The van der Waals surface area contributed by atoms with Crippen molar-refractivity contribution in [1.82, 2.24) is 15.1 Å². The van der Waals surface area contributed by atoms with E-state index in [9.17, 15) is 13.2 Å². The molecule has 1 unspecified atom stereocenters. The van der Waals surface area contributed by atoms with Gasteiger partial charge in [0.25, 0.3) is 0 Å². The predicted molar refractivity (Wildman–Crippen MR) is 74.8 cm³/mol. The summed E-state index contributed by atoms with van der Waals surface area (Å²) in [6.45, 7) is 1.78. The molecule has 1 aromatic heterocycles. The molecule has 1 N–H and O–H groups in total. The van der Waals surface area contributed by atoms with Gasteiger partial charge in [0.1, 0.15) is 0 Å². The van der Waals surface area contributed by atoms with Gasteiger partial charge in [0, 0.05) is 19.5 Å². The Bertz CT molecular complexity index is 647. The molecular weight excluding hydrogens is 303 g/mol. The summed E-state index contributed by atoms with van der Waals surface area (Å²) in [6, 6.07) is 1.55. The molecule has 0 saturated heterocycles. The lowest BCUT2D eigenvalue weighted by Gasteiger charge is -2.17. The minimum atomic E-state index is -1.47. The van der Waals surface area contributed by atoms with E-state index in [0.29, 0.717) is 22.7 Å². The van der Waals surface area contributed by atoms with Gasteiger partial charge in [-0.05, 0) is 31.7 Å². The molecule has 0 spiro atoms. The lowest BCUT2D eigenvalue weighted by atomic mass is 10.0. The Morgan fingerprint density at radius 2 is 1.86 bits per heavy atom. The molecule has 0 amide bonds. The third-order valence-corrected chi connectivity index (χ3v) is 3.91. The van der Waals surface area contributed by atoms with Gasteiger partial charge in [0.2, 0.25) is 0 Å². The standard InChI is InChI=1S/C14H15ClF3N3/c1-7-13(15)12(21(3)20-7)6-11(19-2)8-4-9(16)14(18)10(17)5-8/h4-5,11,19H,6H2,1-3H3. The fourth-order valence-electron chi connectivity index (χ4n) is 2.26. The number of hydrogen-bond acceptors (Lipinski definition) is 2. The maximum Gasteiger partial charge on any atom is 0.194 e. The lowest BCUT2D eigenvalue weighted by Crippen LogP contribution is -2.21. The Morgan fingerprint density at radius 1 is 1.29 bits per heavy atom. The first kappa shape index (κ1) is 15.9. The first-order chi connectivity index (χ1) is 9.85. The smallest absolute Gasteiger partial charge is 0.194 e. The highest BCUT2D eigenvalue weighted by Crippen LogP contribution is 2.27. The average Bonchev–Trinajstić information content (AvgIpc) is 2.67. The van der Waals surface area contributed by atoms with E-state index in [1.54, 1.807) is 25.7 Å². The Balaban J connectivity index is 2.36. The first-order valence-electron chi connectivity index (χ1n) is 6.34. The van der Waals surface area contributed by atoms with Crippen LogP contribution in [0.2, 0.25) is 5.02 Å². The highest BCUT2D eigenvalue weighted by atomic mass is 35.5. The van der Waals surface area contributed by atoms with Crippen LogP contribution in [-0.2, 0) is 13.5 Å². The van der Waals surface area contributed by atoms with Crippen molar-refractivity contribution in [3.63, 3.8) is 0 Å². The summed E-state index contributed by atoms with van der Waals surface area (Å²) in [6.07, 6.45) is 0.372. The van der Waals surface area contributed by atoms with Crippen LogP contribution < -0.4 is 5.32 Å². The zero-order chi connectivity index (χ0) is 15.7. The number of halogens is 4. The highest BCUT2D eigenvalue weighted by molar-refractivity contribution is 6.31. The van der Waals surface area contributed by atoms with Crippen molar-refractivity contribution in [1.29, 1.82) is 0 Å². The molecule has 0 saturated carbocycles. The molecule has 7 heteroatoms. The molecule has 1 heterocycles. The van der Waals surface area contributed by atoms with Crippen LogP contribution in [0.4, 0.5) is 13.2 Å². The zero-order valence-corrected chi connectivity index (χ0v) is 12.6. The molecule has 0 aliphatic carbocycles. The molecule has 2 rings (SSSR count). The fourth-order valence-corrected chi connectivity index (χ4v) is 2.50. The molecule has 0 bridgehead atoms. The molecule has 0 fully saturated rings. The predicted octanol–water partition coefficient (Wildman–Crippen LogP) is 3.30. The van der Waals surface area contributed by atoms with E-state index in [2.05, 4.69) is 10.4 Å². The highest BCUT2D eigenvalue weighted by Gasteiger charge is 2.20. The van der Waals surface area contributed by atoms with E-state index >= 15 is 0 Å². The summed E-state index contributed by atoms with van der Waals surface area (Å²) in [5, 5.41) is 7.65. The lowest BCUT2D eigenvalue weighted by molar-refractivity contribution is 0.440. The second-order valence-electron chi connectivity index (χ2n) is 4.81. The molecular formula is C14H15ClF3N3. The number of nitrogens with zero attached hydrogens (tertiary/aromatic N) is 2. The largest absolute Gasteiger partial charge is 0.313 e. The SMILES string of the molecule is CNC(Cc1c(Cl)c(C)nn1C)c1cc(F)c(F)c(F)c1. The molecule has 0 radical (unpaired) electrons. The van der Waals surface area contributed by atoms with Gasteiger partial charge in [-0.2, -0.15) is 5.10 Å². The maximum atomic E-state index is 13.4. The fraction of sp³-hybridized carbons (Fsp3) is 0.357. The van der Waals surface area contributed by atoms with Crippen molar-refractivity contribution in [3.05, 3.63) is 51.6 Å². The molecule has 0 aliphatic rings.